The average molecular weight is 357 g/mol. The van der Waals surface area contributed by atoms with Gasteiger partial charge in [-0.05, 0) is 12.1 Å². The van der Waals surface area contributed by atoms with Crippen molar-refractivity contribution in [1.29, 1.82) is 0 Å². The van der Waals surface area contributed by atoms with Gasteiger partial charge in [-0.15, -0.1) is 0 Å². The van der Waals surface area contributed by atoms with Crippen molar-refractivity contribution in [3.63, 3.8) is 0 Å². The van der Waals surface area contributed by atoms with E-state index in [4.69, 9.17) is 4.74 Å². The van der Waals surface area contributed by atoms with Crippen molar-refractivity contribution in [2.75, 3.05) is 56.9 Å². The zero-order valence-electron chi connectivity index (χ0n) is 13.4. The molecule has 0 atom stereocenters. The lowest BCUT2D eigenvalue weighted by Crippen LogP contribution is -3.15. The number of amides is 1. The first-order chi connectivity index (χ1) is 11.4. The minimum Gasteiger partial charge on any atom is -0.748 e. The van der Waals surface area contributed by atoms with E-state index in [-0.39, 0.29) is 12.3 Å². The van der Waals surface area contributed by atoms with Gasteiger partial charge in [0.05, 0.1) is 29.0 Å². The molecule has 9 heteroatoms. The van der Waals surface area contributed by atoms with Gasteiger partial charge in [0.2, 0.25) is 0 Å². The Balaban J connectivity index is 1.58. The molecule has 1 aliphatic heterocycles. The maximum Gasteiger partial charge on any atom is 0.411 e. The Labute approximate surface area is 142 Å². The first-order valence-electron chi connectivity index (χ1n) is 7.91. The van der Waals surface area contributed by atoms with Crippen LogP contribution in [-0.2, 0) is 14.9 Å². The number of carbonyl (C=O) groups excluding carboxylic acids is 1. The number of ether oxygens (including phenoxy) is 1. The van der Waals surface area contributed by atoms with E-state index in [1.54, 1.807) is 12.1 Å². The SMILES string of the molecule is O=C(Nc1ccccc1)OCC[NH+]1CCN(CCS(=O)(=O)[O-])CC1. The van der Waals surface area contributed by atoms with Gasteiger partial charge in [0.15, 0.2) is 0 Å². The zero-order valence-corrected chi connectivity index (χ0v) is 14.3. The quantitative estimate of drug-likeness (QED) is 0.606. The van der Waals surface area contributed by atoms with Crippen molar-refractivity contribution >= 4 is 21.9 Å². The number of rotatable bonds is 7. The number of para-hydroxylation sites is 1. The molecule has 2 rings (SSSR count). The standard InChI is InChI=1S/C15H23N3O5S/c19-15(16-14-4-2-1-3-5-14)23-12-10-17-6-8-18(9-7-17)11-13-24(20,21)22/h1-5H,6-13H2,(H,16,19)(H,20,21,22). The molecular formula is C15H23N3O5S. The number of hydrogen-bond donors (Lipinski definition) is 2. The Bertz CT molecular complexity index is 615. The van der Waals surface area contributed by atoms with E-state index in [0.29, 0.717) is 18.8 Å². The maximum atomic E-state index is 11.6. The molecule has 0 unspecified atom stereocenters. The Morgan fingerprint density at radius 2 is 1.92 bits per heavy atom. The molecule has 0 aliphatic carbocycles. The molecule has 0 spiro atoms. The predicted molar refractivity (Wildman–Crippen MR) is 88.0 cm³/mol. The first-order valence-corrected chi connectivity index (χ1v) is 9.48. The van der Waals surface area contributed by atoms with Crippen LogP contribution in [0.25, 0.3) is 0 Å². The molecule has 0 bridgehead atoms. The molecule has 1 heterocycles. The zero-order chi connectivity index (χ0) is 17.4. The van der Waals surface area contributed by atoms with Gasteiger partial charge in [0.25, 0.3) is 0 Å². The van der Waals surface area contributed by atoms with E-state index in [1.807, 2.05) is 23.1 Å². The normalized spacial score (nSPS) is 16.7. The number of quaternary nitrogens is 1. The van der Waals surface area contributed by atoms with Crippen LogP contribution in [0.5, 0.6) is 0 Å². The highest BCUT2D eigenvalue weighted by atomic mass is 32.2. The Hall–Kier alpha value is -1.68. The van der Waals surface area contributed by atoms with Crippen molar-refractivity contribution in [2.45, 2.75) is 0 Å². The predicted octanol–water partition coefficient (Wildman–Crippen LogP) is -1.02. The summed E-state index contributed by atoms with van der Waals surface area (Å²) in [4.78, 5) is 14.9. The fraction of sp³-hybridized carbons (Fsp3) is 0.533. The van der Waals surface area contributed by atoms with Crippen molar-refractivity contribution in [2.24, 2.45) is 0 Å². The molecule has 0 saturated carbocycles. The summed E-state index contributed by atoms with van der Waals surface area (Å²) in [7, 11) is -4.15. The molecule has 1 aliphatic rings. The topological polar surface area (TPSA) is 103 Å². The van der Waals surface area contributed by atoms with E-state index in [9.17, 15) is 17.8 Å². The molecule has 2 N–H and O–H groups in total. The summed E-state index contributed by atoms with van der Waals surface area (Å²) >= 11 is 0. The second-order valence-electron chi connectivity index (χ2n) is 5.73. The van der Waals surface area contributed by atoms with Crippen molar-refractivity contribution < 1.29 is 27.4 Å². The molecule has 0 aromatic heterocycles. The Kier molecular flexibility index (Phi) is 6.98. The van der Waals surface area contributed by atoms with Gasteiger partial charge in [-0.1, -0.05) is 18.2 Å². The fourth-order valence-electron chi connectivity index (χ4n) is 2.55. The molecule has 1 fully saturated rings. The monoisotopic (exact) mass is 357 g/mol. The molecule has 1 aromatic carbocycles. The van der Waals surface area contributed by atoms with Crippen LogP contribution in [0.4, 0.5) is 10.5 Å². The summed E-state index contributed by atoms with van der Waals surface area (Å²) in [6, 6.07) is 9.10. The van der Waals surface area contributed by atoms with Gasteiger partial charge < -0.3 is 14.2 Å². The minimum absolute atomic E-state index is 0.287. The van der Waals surface area contributed by atoms with E-state index in [2.05, 4.69) is 5.32 Å². The van der Waals surface area contributed by atoms with Crippen LogP contribution in [0, 0.1) is 0 Å². The highest BCUT2D eigenvalue weighted by Gasteiger charge is 2.20. The van der Waals surface area contributed by atoms with Gasteiger partial charge >= 0.3 is 6.09 Å². The lowest BCUT2D eigenvalue weighted by molar-refractivity contribution is -0.904. The lowest BCUT2D eigenvalue weighted by Gasteiger charge is -2.32. The highest BCUT2D eigenvalue weighted by Crippen LogP contribution is 2.04. The third kappa shape index (κ3) is 7.26. The Morgan fingerprint density at radius 1 is 1.25 bits per heavy atom. The van der Waals surface area contributed by atoms with Crippen LogP contribution in [0.2, 0.25) is 0 Å². The van der Waals surface area contributed by atoms with Crippen LogP contribution < -0.4 is 10.2 Å². The van der Waals surface area contributed by atoms with E-state index in [1.165, 1.54) is 4.90 Å². The molecule has 0 radical (unpaired) electrons. The lowest BCUT2D eigenvalue weighted by atomic mass is 10.3. The maximum absolute atomic E-state index is 11.6. The smallest absolute Gasteiger partial charge is 0.411 e. The van der Waals surface area contributed by atoms with E-state index < -0.39 is 16.2 Å². The second kappa shape index (κ2) is 8.97. The largest absolute Gasteiger partial charge is 0.748 e. The van der Waals surface area contributed by atoms with Crippen molar-refractivity contribution in [3.05, 3.63) is 30.3 Å². The average Bonchev–Trinajstić information content (AvgIpc) is 2.54. The number of benzene rings is 1. The summed E-state index contributed by atoms with van der Waals surface area (Å²) in [5, 5.41) is 2.65. The number of nitrogens with zero attached hydrogens (tertiary/aromatic N) is 1. The van der Waals surface area contributed by atoms with Crippen LogP contribution in [-0.4, -0.2) is 75.6 Å². The van der Waals surface area contributed by atoms with Crippen LogP contribution in [0.15, 0.2) is 30.3 Å². The molecule has 8 nitrogen and oxygen atoms in total. The summed E-state index contributed by atoms with van der Waals surface area (Å²) in [5.41, 5.74) is 0.691. The van der Waals surface area contributed by atoms with Crippen molar-refractivity contribution in [1.82, 2.24) is 4.90 Å². The number of carbonyl (C=O) groups is 1. The first kappa shape index (κ1) is 18.7. The minimum atomic E-state index is -4.15. The summed E-state index contributed by atoms with van der Waals surface area (Å²) in [5.74, 6) is -0.342. The second-order valence-corrected chi connectivity index (χ2v) is 7.25. The molecular weight excluding hydrogens is 334 g/mol. The fourth-order valence-corrected chi connectivity index (χ4v) is 3.03. The van der Waals surface area contributed by atoms with Crippen LogP contribution in [0.1, 0.15) is 0 Å². The summed E-state index contributed by atoms with van der Waals surface area (Å²) < 4.78 is 37.1. The number of anilines is 1. The number of piperazine rings is 1. The molecule has 1 amide bonds. The molecule has 24 heavy (non-hydrogen) atoms. The van der Waals surface area contributed by atoms with Crippen LogP contribution in [0.3, 0.4) is 0 Å². The summed E-state index contributed by atoms with van der Waals surface area (Å²) in [6.45, 7) is 4.46. The number of nitrogens with one attached hydrogen (secondary N) is 2. The molecule has 134 valence electrons. The van der Waals surface area contributed by atoms with Gasteiger partial charge in [0, 0.05) is 25.3 Å². The van der Waals surface area contributed by atoms with Gasteiger partial charge in [-0.3, -0.25) is 10.2 Å². The highest BCUT2D eigenvalue weighted by molar-refractivity contribution is 7.85. The molecule has 1 saturated heterocycles. The third-order valence-electron chi connectivity index (χ3n) is 3.93. The van der Waals surface area contributed by atoms with Gasteiger partial charge in [-0.2, -0.15) is 0 Å². The molecule has 1 aromatic rings. The third-order valence-corrected chi connectivity index (χ3v) is 4.61. The van der Waals surface area contributed by atoms with Gasteiger partial charge in [0.1, 0.15) is 13.2 Å². The Morgan fingerprint density at radius 3 is 2.54 bits per heavy atom. The van der Waals surface area contributed by atoms with E-state index >= 15 is 0 Å². The number of hydrogen-bond acceptors (Lipinski definition) is 6. The van der Waals surface area contributed by atoms with Crippen LogP contribution >= 0.6 is 0 Å². The summed E-state index contributed by atoms with van der Waals surface area (Å²) in [6.07, 6.45) is -0.472. The van der Waals surface area contributed by atoms with Gasteiger partial charge in [-0.25, -0.2) is 13.2 Å². The van der Waals surface area contributed by atoms with E-state index in [0.717, 1.165) is 26.2 Å². The van der Waals surface area contributed by atoms with Crippen molar-refractivity contribution in [3.8, 4) is 0 Å².